The number of aliphatic hydroxyl groups excluding tert-OH is 3. The van der Waals surface area contributed by atoms with Crippen LogP contribution in [0, 0.1) is 16.7 Å². The van der Waals surface area contributed by atoms with Crippen LogP contribution in [0.5, 0.6) is 0 Å². The Morgan fingerprint density at radius 2 is 1.52 bits per heavy atom. The van der Waals surface area contributed by atoms with E-state index in [0.717, 1.165) is 0 Å². The number of ether oxygens (including phenoxy) is 6. The zero-order valence-electron chi connectivity index (χ0n) is 34.7. The Labute approximate surface area is 348 Å². The highest BCUT2D eigenvalue weighted by Crippen LogP contribution is 2.63. The Bertz CT molecular complexity index is 1920. The molecule has 60 heavy (non-hydrogen) atoms. The molecule has 328 valence electrons. The zero-order valence-corrected chi connectivity index (χ0v) is 34.7. The van der Waals surface area contributed by atoms with E-state index in [9.17, 15) is 44.7 Å². The standard InChI is InChI=1S/C44H57NO15/c1-7-55-21-27(22-56-8-2)58-40(52)45-32(25-15-11-9-12-16-25)34(48)39(51)59-28-20-44(54)37(60-38(50)26-17-13-10-14-18-26)35-42(6,29(46)19-30-43(35,53)23-57-30)36(49)33(47)31(24(28)3)41(44,4)5/h9-18,27-30,32-35,37,46-48,53-54H,7-8,19-23H2,1-6H3,(H,45,52)/t28?,29-,30+,32-,33+,34+,35-,37-,42+,43-,44+/m0/s1. The molecule has 3 fully saturated rings. The van der Waals surface area contributed by atoms with Crippen molar-refractivity contribution < 1.29 is 73.1 Å². The van der Waals surface area contributed by atoms with Gasteiger partial charge < -0.3 is 59.3 Å². The normalized spacial score (nSPS) is 32.9. The summed E-state index contributed by atoms with van der Waals surface area (Å²) in [6, 6.07) is 14.6. The van der Waals surface area contributed by atoms with Gasteiger partial charge in [-0.25, -0.2) is 14.4 Å². The van der Waals surface area contributed by atoms with Gasteiger partial charge in [0.2, 0.25) is 0 Å². The number of hydrogen-bond donors (Lipinski definition) is 6. The van der Waals surface area contributed by atoms with Gasteiger partial charge in [0, 0.05) is 37.4 Å². The molecule has 0 aromatic heterocycles. The molecule has 4 aliphatic rings. The van der Waals surface area contributed by atoms with Crippen LogP contribution in [0.1, 0.15) is 76.3 Å². The smallest absolute Gasteiger partial charge is 0.408 e. The number of rotatable bonds is 14. The van der Waals surface area contributed by atoms with E-state index in [1.165, 1.54) is 26.0 Å². The van der Waals surface area contributed by atoms with Gasteiger partial charge in [-0.2, -0.15) is 0 Å². The van der Waals surface area contributed by atoms with Crippen LogP contribution in [-0.4, -0.2) is 136 Å². The number of fused-ring (bicyclic) bond motifs is 5. The molecule has 6 N–H and O–H groups in total. The van der Waals surface area contributed by atoms with Crippen LogP contribution >= 0.6 is 0 Å². The first kappa shape index (κ1) is 45.3. The molecule has 16 nitrogen and oxygen atoms in total. The minimum Gasteiger partial charge on any atom is -0.456 e. The molecule has 11 atom stereocenters. The quantitative estimate of drug-likeness (QED) is 0.0910. The van der Waals surface area contributed by atoms with Gasteiger partial charge in [0.15, 0.2) is 18.0 Å². The van der Waals surface area contributed by atoms with Crippen LogP contribution in [0.4, 0.5) is 4.79 Å². The second-order valence-electron chi connectivity index (χ2n) is 16.9. The van der Waals surface area contributed by atoms with E-state index in [4.69, 9.17) is 28.4 Å². The minimum atomic E-state index is -2.33. The largest absolute Gasteiger partial charge is 0.456 e. The summed E-state index contributed by atoms with van der Waals surface area (Å²) in [6.45, 7) is 9.97. The molecule has 2 bridgehead atoms. The predicted octanol–water partition coefficient (Wildman–Crippen LogP) is 2.33. The lowest BCUT2D eigenvalue weighted by Gasteiger charge is -2.66. The second kappa shape index (κ2) is 17.6. The van der Waals surface area contributed by atoms with Crippen molar-refractivity contribution in [1.82, 2.24) is 5.32 Å². The fourth-order valence-electron chi connectivity index (χ4n) is 9.65. The van der Waals surface area contributed by atoms with Crippen LogP contribution in [0.15, 0.2) is 71.8 Å². The maximum Gasteiger partial charge on any atom is 0.408 e. The fraction of sp³-hybridized carbons (Fsp3) is 0.591. The third-order valence-corrected chi connectivity index (χ3v) is 13.2. The average Bonchev–Trinajstić information content (AvgIpc) is 3.22. The molecular weight excluding hydrogens is 782 g/mol. The van der Waals surface area contributed by atoms with Crippen molar-refractivity contribution in [3.63, 3.8) is 0 Å². The summed E-state index contributed by atoms with van der Waals surface area (Å²) in [5.74, 6) is -4.61. The molecular formula is C44H57NO15. The topological polar surface area (TPSA) is 237 Å². The lowest BCUT2D eigenvalue weighted by molar-refractivity contribution is -0.343. The Hall–Kier alpha value is -4.26. The average molecular weight is 840 g/mol. The van der Waals surface area contributed by atoms with Gasteiger partial charge in [0.1, 0.15) is 29.5 Å². The monoisotopic (exact) mass is 839 g/mol. The lowest BCUT2D eigenvalue weighted by Crippen LogP contribution is -2.81. The first-order valence-corrected chi connectivity index (χ1v) is 20.4. The predicted molar refractivity (Wildman–Crippen MR) is 211 cm³/mol. The summed E-state index contributed by atoms with van der Waals surface area (Å²) in [7, 11) is 0. The highest BCUT2D eigenvalue weighted by molar-refractivity contribution is 5.94. The van der Waals surface area contributed by atoms with Crippen molar-refractivity contribution in [1.29, 1.82) is 0 Å². The molecule has 6 rings (SSSR count). The number of alkyl carbamates (subject to hydrolysis) is 1. The van der Waals surface area contributed by atoms with E-state index in [0.29, 0.717) is 18.8 Å². The summed E-state index contributed by atoms with van der Waals surface area (Å²) in [5, 5.41) is 63.6. The van der Waals surface area contributed by atoms with E-state index < -0.39 is 107 Å². The molecule has 2 aromatic rings. The first-order chi connectivity index (χ1) is 28.4. The number of amides is 1. The molecule has 2 aromatic carbocycles. The third kappa shape index (κ3) is 7.88. The molecule has 0 spiro atoms. The van der Waals surface area contributed by atoms with Gasteiger partial charge in [-0.1, -0.05) is 62.4 Å². The number of hydrogen-bond acceptors (Lipinski definition) is 15. The minimum absolute atomic E-state index is 0.0272. The number of ketones is 1. The number of benzene rings is 2. The van der Waals surface area contributed by atoms with Gasteiger partial charge in [-0.15, -0.1) is 0 Å². The van der Waals surface area contributed by atoms with Gasteiger partial charge in [0.25, 0.3) is 0 Å². The van der Waals surface area contributed by atoms with Crippen molar-refractivity contribution in [3.05, 3.63) is 82.9 Å². The molecule has 1 aliphatic heterocycles. The number of carbonyl (C=O) groups excluding carboxylic acids is 4. The van der Waals surface area contributed by atoms with Crippen LogP contribution in [0.3, 0.4) is 0 Å². The molecule has 3 aliphatic carbocycles. The summed E-state index contributed by atoms with van der Waals surface area (Å²) >= 11 is 0. The SMILES string of the molecule is CCOCC(COCC)OC(=O)N[C@@H](c1ccccc1)[C@@H](O)C(=O)OC1C[C@@]2(O)[C@@H](OC(=O)c3ccccc3)[C@@H]3[C@]4(O)CO[C@@H]4C[C@H](O)[C@@]3(C)C(=O)[C@H](O)C(=C1C)C2(C)C. The maximum atomic E-state index is 14.8. The highest BCUT2D eigenvalue weighted by atomic mass is 16.6. The Kier molecular flexibility index (Phi) is 13.3. The van der Waals surface area contributed by atoms with E-state index in [-0.39, 0.29) is 43.0 Å². The summed E-state index contributed by atoms with van der Waals surface area (Å²) in [4.78, 5) is 56.2. The van der Waals surface area contributed by atoms with Gasteiger partial charge in [-0.05, 0) is 56.5 Å². The summed E-state index contributed by atoms with van der Waals surface area (Å²) in [6.07, 6.45) is -12.3. The fourth-order valence-corrected chi connectivity index (χ4v) is 9.65. The third-order valence-electron chi connectivity index (χ3n) is 13.2. The summed E-state index contributed by atoms with van der Waals surface area (Å²) < 4.78 is 34.3. The molecule has 1 unspecified atom stereocenters. The van der Waals surface area contributed by atoms with Gasteiger partial charge in [0.05, 0.1) is 49.0 Å². The molecule has 1 amide bonds. The molecule has 1 saturated heterocycles. The number of carbonyl (C=O) groups is 4. The highest BCUT2D eigenvalue weighted by Gasteiger charge is 2.76. The lowest BCUT2D eigenvalue weighted by atomic mass is 9.44. The van der Waals surface area contributed by atoms with E-state index >= 15 is 0 Å². The van der Waals surface area contributed by atoms with Crippen LogP contribution < -0.4 is 5.32 Å². The Morgan fingerprint density at radius 1 is 0.917 bits per heavy atom. The van der Waals surface area contributed by atoms with Crippen molar-refractivity contribution in [2.24, 2.45) is 16.7 Å². The summed E-state index contributed by atoms with van der Waals surface area (Å²) in [5.41, 5.74) is -7.35. The van der Waals surface area contributed by atoms with Crippen LogP contribution in [-0.2, 0) is 38.0 Å². The van der Waals surface area contributed by atoms with E-state index in [1.54, 1.807) is 76.2 Å². The number of esters is 2. The zero-order chi connectivity index (χ0) is 43.8. The van der Waals surface area contributed by atoms with E-state index in [1.807, 2.05) is 0 Å². The van der Waals surface area contributed by atoms with Crippen molar-refractivity contribution in [2.75, 3.05) is 33.0 Å². The number of aliphatic hydroxyl groups is 5. The Balaban J connectivity index is 1.39. The molecule has 0 radical (unpaired) electrons. The second-order valence-corrected chi connectivity index (χ2v) is 16.9. The number of Topliss-reactive ketones (excluding diaryl/α,β-unsaturated/α-hetero) is 1. The van der Waals surface area contributed by atoms with Crippen molar-refractivity contribution >= 4 is 23.8 Å². The molecule has 1 heterocycles. The molecule has 16 heteroatoms. The van der Waals surface area contributed by atoms with E-state index in [2.05, 4.69) is 5.32 Å². The van der Waals surface area contributed by atoms with Crippen molar-refractivity contribution in [2.45, 2.75) is 114 Å². The van der Waals surface area contributed by atoms with Crippen LogP contribution in [0.2, 0.25) is 0 Å². The van der Waals surface area contributed by atoms with Crippen LogP contribution in [0.25, 0.3) is 0 Å². The first-order valence-electron chi connectivity index (χ1n) is 20.4. The van der Waals surface area contributed by atoms with Gasteiger partial charge in [-0.3, -0.25) is 4.79 Å². The van der Waals surface area contributed by atoms with Crippen molar-refractivity contribution in [3.8, 4) is 0 Å². The maximum absolute atomic E-state index is 14.8. The molecule has 2 saturated carbocycles. The Morgan fingerprint density at radius 3 is 2.08 bits per heavy atom. The number of nitrogens with one attached hydrogen (secondary N) is 1. The van der Waals surface area contributed by atoms with Gasteiger partial charge >= 0.3 is 18.0 Å².